The molecule has 130 valence electrons. The van der Waals surface area contributed by atoms with Gasteiger partial charge in [-0.15, -0.1) is 0 Å². The predicted molar refractivity (Wildman–Crippen MR) is 99.7 cm³/mol. The number of hydrogen-bond acceptors (Lipinski definition) is 3. The first-order valence-corrected chi connectivity index (χ1v) is 9.11. The zero-order valence-corrected chi connectivity index (χ0v) is 15.1. The highest BCUT2D eigenvalue weighted by atomic mass is 16.1. The number of hydrogen-bond donors (Lipinski definition) is 0. The van der Waals surface area contributed by atoms with Gasteiger partial charge in [0.25, 0.3) is 0 Å². The number of nitrogens with zero attached hydrogens (tertiary/aromatic N) is 2. The smallest absolute Gasteiger partial charge is 0.227 e. The lowest BCUT2D eigenvalue weighted by Crippen LogP contribution is -2.46. The lowest BCUT2D eigenvalue weighted by atomic mass is 9.79. The predicted octanol–water partition coefficient (Wildman–Crippen LogP) is 3.54. The molecule has 0 N–H and O–H groups in total. The van der Waals surface area contributed by atoms with Gasteiger partial charge in [0, 0.05) is 37.0 Å². The van der Waals surface area contributed by atoms with E-state index in [9.17, 15) is 9.59 Å². The number of ketones is 1. The van der Waals surface area contributed by atoms with E-state index in [1.807, 2.05) is 18.3 Å². The topological polar surface area (TPSA) is 42.3 Å². The van der Waals surface area contributed by atoms with Crippen LogP contribution in [0.25, 0.3) is 16.5 Å². The van der Waals surface area contributed by atoms with Crippen molar-refractivity contribution in [2.24, 2.45) is 5.92 Å². The Kier molecular flexibility index (Phi) is 3.88. The number of carbonyl (C=O) groups is 2. The third-order valence-corrected chi connectivity index (χ3v) is 5.62. The molecule has 2 aliphatic rings. The maximum absolute atomic E-state index is 12.1. The fourth-order valence-electron chi connectivity index (χ4n) is 4.48. The van der Waals surface area contributed by atoms with E-state index in [4.69, 9.17) is 0 Å². The van der Waals surface area contributed by atoms with Crippen molar-refractivity contribution in [2.45, 2.75) is 39.7 Å². The Hall–Kier alpha value is -2.20. The van der Waals surface area contributed by atoms with E-state index in [-0.39, 0.29) is 17.6 Å². The van der Waals surface area contributed by atoms with Gasteiger partial charge in [-0.05, 0) is 49.1 Å². The fourth-order valence-corrected chi connectivity index (χ4v) is 4.48. The summed E-state index contributed by atoms with van der Waals surface area (Å²) in [5.41, 5.74) is 4.67. The molecule has 0 fully saturated rings. The second kappa shape index (κ2) is 5.95. The van der Waals surface area contributed by atoms with Crippen molar-refractivity contribution >= 4 is 28.2 Å². The molecule has 1 aromatic heterocycles. The molecule has 2 unspecified atom stereocenters. The molecule has 0 amide bonds. The molecule has 0 spiro atoms. The van der Waals surface area contributed by atoms with Crippen molar-refractivity contribution in [3.8, 4) is 0 Å². The summed E-state index contributed by atoms with van der Waals surface area (Å²) in [6, 6.07) is 6.48. The third-order valence-electron chi connectivity index (χ3n) is 5.62. The zero-order valence-electron chi connectivity index (χ0n) is 15.1. The summed E-state index contributed by atoms with van der Waals surface area (Å²) >= 11 is 0. The first-order valence-electron chi connectivity index (χ1n) is 9.11. The molecule has 4 heteroatoms. The average Bonchev–Trinajstić information content (AvgIpc) is 2.96. The summed E-state index contributed by atoms with van der Waals surface area (Å²) in [4.78, 5) is 26.6. The average molecular weight is 336 g/mol. The molecular weight excluding hydrogens is 312 g/mol. The van der Waals surface area contributed by atoms with Gasteiger partial charge in [0.15, 0.2) is 0 Å². The van der Waals surface area contributed by atoms with Crippen molar-refractivity contribution in [3.63, 3.8) is 0 Å². The first-order chi connectivity index (χ1) is 12.0. The zero-order chi connectivity index (χ0) is 17.7. The molecule has 1 aliphatic carbocycles. The second-order valence-electron chi connectivity index (χ2n) is 7.30. The molecule has 0 saturated heterocycles. The van der Waals surface area contributed by atoms with Crippen LogP contribution in [0.15, 0.2) is 30.5 Å². The van der Waals surface area contributed by atoms with Crippen LogP contribution in [-0.4, -0.2) is 40.3 Å². The van der Waals surface area contributed by atoms with Crippen LogP contribution in [0.3, 0.4) is 0 Å². The number of Topliss-reactive ketones (excluding diaryl/α,β-unsaturated/α-hetero) is 1. The highest BCUT2D eigenvalue weighted by Crippen LogP contribution is 2.42. The Morgan fingerprint density at radius 2 is 2.04 bits per heavy atom. The van der Waals surface area contributed by atoms with Gasteiger partial charge in [-0.1, -0.05) is 25.1 Å². The molecule has 0 radical (unpaired) electrons. The van der Waals surface area contributed by atoms with E-state index >= 15 is 0 Å². The van der Waals surface area contributed by atoms with Crippen LogP contribution < -0.4 is 0 Å². The lowest BCUT2D eigenvalue weighted by molar-refractivity contribution is -0.120. The van der Waals surface area contributed by atoms with Crippen LogP contribution in [0.4, 0.5) is 0 Å². The van der Waals surface area contributed by atoms with Crippen LogP contribution in [0.1, 0.15) is 43.1 Å². The summed E-state index contributed by atoms with van der Waals surface area (Å²) in [6.45, 7) is 7.27. The summed E-state index contributed by atoms with van der Waals surface area (Å²) < 4.78 is 1.76. The first kappa shape index (κ1) is 16.3. The van der Waals surface area contributed by atoms with Gasteiger partial charge in [0.2, 0.25) is 5.91 Å². The van der Waals surface area contributed by atoms with Gasteiger partial charge < -0.3 is 0 Å². The maximum Gasteiger partial charge on any atom is 0.227 e. The molecule has 2 heterocycles. The van der Waals surface area contributed by atoms with E-state index < -0.39 is 0 Å². The van der Waals surface area contributed by atoms with E-state index in [2.05, 4.69) is 24.0 Å². The van der Waals surface area contributed by atoms with E-state index in [1.165, 1.54) is 22.1 Å². The molecule has 1 aliphatic heterocycles. The van der Waals surface area contributed by atoms with Crippen molar-refractivity contribution < 1.29 is 9.59 Å². The SMILES string of the molecule is CCCN1CC(C(C)=O)C=C2c3cccc4c3c(cn4C(C)=O)CC21. The molecule has 0 bridgehead atoms. The quantitative estimate of drug-likeness (QED) is 0.861. The van der Waals surface area contributed by atoms with Gasteiger partial charge >= 0.3 is 0 Å². The summed E-state index contributed by atoms with van der Waals surface area (Å²) in [5.74, 6) is 0.232. The number of benzene rings is 1. The van der Waals surface area contributed by atoms with Gasteiger partial charge in [-0.2, -0.15) is 0 Å². The Bertz CT molecular complexity index is 906. The van der Waals surface area contributed by atoms with Gasteiger partial charge in [0.05, 0.1) is 5.52 Å². The Morgan fingerprint density at radius 1 is 1.24 bits per heavy atom. The Balaban J connectivity index is 1.93. The van der Waals surface area contributed by atoms with Crippen LogP contribution in [-0.2, 0) is 11.2 Å². The van der Waals surface area contributed by atoms with Crippen LogP contribution >= 0.6 is 0 Å². The van der Waals surface area contributed by atoms with Gasteiger partial charge in [0.1, 0.15) is 5.78 Å². The minimum Gasteiger partial charge on any atom is -0.299 e. The van der Waals surface area contributed by atoms with Crippen molar-refractivity contribution in [2.75, 3.05) is 13.1 Å². The standard InChI is InChI=1S/C21H24N2O2/c1-4-8-22-11-15(13(2)24)9-18-17-6-5-7-19-21(17)16(10-20(18)22)12-23(19)14(3)25/h5-7,9,12,15,20H,4,8,10-11H2,1-3H3. The summed E-state index contributed by atoms with van der Waals surface area (Å²) in [5, 5.41) is 1.18. The van der Waals surface area contributed by atoms with Crippen LogP contribution in [0.2, 0.25) is 0 Å². The van der Waals surface area contributed by atoms with Crippen molar-refractivity contribution in [1.29, 1.82) is 0 Å². The number of aromatic nitrogens is 1. The maximum atomic E-state index is 12.1. The fraction of sp³-hybridized carbons (Fsp3) is 0.429. The van der Waals surface area contributed by atoms with Gasteiger partial charge in [-0.3, -0.25) is 19.1 Å². The van der Waals surface area contributed by atoms with Crippen LogP contribution in [0, 0.1) is 5.92 Å². The minimum absolute atomic E-state index is 0.0375. The monoisotopic (exact) mass is 336 g/mol. The van der Waals surface area contributed by atoms with Crippen LogP contribution in [0.5, 0.6) is 0 Å². The second-order valence-corrected chi connectivity index (χ2v) is 7.30. The molecule has 0 saturated carbocycles. The highest BCUT2D eigenvalue weighted by molar-refractivity contribution is 6.03. The Morgan fingerprint density at radius 3 is 2.72 bits per heavy atom. The highest BCUT2D eigenvalue weighted by Gasteiger charge is 2.36. The molecular formula is C21H24N2O2. The van der Waals surface area contributed by atoms with Crippen molar-refractivity contribution in [1.82, 2.24) is 9.47 Å². The van der Waals surface area contributed by atoms with E-state index in [0.29, 0.717) is 6.04 Å². The molecule has 1 aromatic carbocycles. The normalized spacial score (nSPS) is 22.6. The number of fused-ring (bicyclic) bond motifs is 2. The summed E-state index contributed by atoms with van der Waals surface area (Å²) in [6.07, 6.45) is 6.17. The summed E-state index contributed by atoms with van der Waals surface area (Å²) in [7, 11) is 0. The minimum atomic E-state index is -0.0375. The molecule has 4 rings (SSSR count). The lowest BCUT2D eigenvalue weighted by Gasteiger charge is -2.41. The molecule has 4 nitrogen and oxygen atoms in total. The molecule has 2 atom stereocenters. The Labute approximate surface area is 148 Å². The van der Waals surface area contributed by atoms with Crippen molar-refractivity contribution in [3.05, 3.63) is 41.6 Å². The number of carbonyl (C=O) groups excluding carboxylic acids is 2. The van der Waals surface area contributed by atoms with E-state index in [1.54, 1.807) is 18.4 Å². The third kappa shape index (κ3) is 2.47. The molecule has 25 heavy (non-hydrogen) atoms. The van der Waals surface area contributed by atoms with E-state index in [0.717, 1.165) is 31.4 Å². The van der Waals surface area contributed by atoms with Gasteiger partial charge in [-0.25, -0.2) is 0 Å². The molecule has 2 aromatic rings. The largest absolute Gasteiger partial charge is 0.299 e. The number of rotatable bonds is 3.